The molecule has 1 fully saturated rings. The van der Waals surface area contributed by atoms with E-state index in [0.29, 0.717) is 48.2 Å². The summed E-state index contributed by atoms with van der Waals surface area (Å²) in [5.74, 6) is 0.352. The molecule has 4 heterocycles. The lowest BCUT2D eigenvalue weighted by Crippen LogP contribution is -2.39. The number of hydrogen-bond donors (Lipinski definition) is 2. The van der Waals surface area contributed by atoms with Gasteiger partial charge in [0.25, 0.3) is 5.91 Å². The van der Waals surface area contributed by atoms with Gasteiger partial charge in [0.2, 0.25) is 0 Å². The van der Waals surface area contributed by atoms with E-state index in [4.69, 9.17) is 5.11 Å². The van der Waals surface area contributed by atoms with Crippen molar-refractivity contribution >= 4 is 45.2 Å². The van der Waals surface area contributed by atoms with E-state index in [2.05, 4.69) is 30.3 Å². The standard InChI is InChI=1S/C22H23F3N6O3S2/c1-12-19(36-13(2)27-12)16-11-35-21(28-16)29-18-4-3-14(9-26-18)20(33)31-7-5-15(6-8-31)30-34-10-17(32)22(23,24)25/h3-4,9,11,17,32H,5-8,10H2,1-2H3,(H,26,28,29)/t17-/m1/s1. The van der Waals surface area contributed by atoms with Crippen molar-refractivity contribution in [3.8, 4) is 10.6 Å². The number of amides is 1. The number of aliphatic hydroxyl groups excluding tert-OH is 1. The van der Waals surface area contributed by atoms with Gasteiger partial charge in [-0.2, -0.15) is 13.2 Å². The Morgan fingerprint density at radius 2 is 2.03 bits per heavy atom. The zero-order valence-electron chi connectivity index (χ0n) is 19.4. The first-order valence-electron chi connectivity index (χ1n) is 10.9. The highest BCUT2D eigenvalue weighted by Crippen LogP contribution is 2.32. The fourth-order valence-corrected chi connectivity index (χ4v) is 5.11. The molecule has 0 radical (unpaired) electrons. The summed E-state index contributed by atoms with van der Waals surface area (Å²) < 4.78 is 36.9. The minimum Gasteiger partial charge on any atom is -0.393 e. The monoisotopic (exact) mass is 540 g/mol. The number of oxime groups is 1. The molecular weight excluding hydrogens is 517 g/mol. The van der Waals surface area contributed by atoms with Crippen LogP contribution in [0.2, 0.25) is 0 Å². The van der Waals surface area contributed by atoms with Crippen LogP contribution in [-0.2, 0) is 4.84 Å². The molecule has 14 heteroatoms. The number of hydrogen-bond acceptors (Lipinski definition) is 10. The van der Waals surface area contributed by atoms with Crippen LogP contribution in [-0.4, -0.2) is 68.6 Å². The number of likely N-dealkylation sites (tertiary alicyclic amines) is 1. The zero-order valence-corrected chi connectivity index (χ0v) is 21.0. The number of piperidine rings is 1. The van der Waals surface area contributed by atoms with E-state index in [0.717, 1.165) is 21.3 Å². The molecule has 0 unspecified atom stereocenters. The maximum Gasteiger partial charge on any atom is 0.417 e. The molecule has 192 valence electrons. The summed E-state index contributed by atoms with van der Waals surface area (Å²) in [6.07, 6.45) is -5.12. The van der Waals surface area contributed by atoms with Crippen molar-refractivity contribution in [3.05, 3.63) is 40.0 Å². The summed E-state index contributed by atoms with van der Waals surface area (Å²) in [5, 5.41) is 19.4. The molecule has 1 amide bonds. The van der Waals surface area contributed by atoms with E-state index >= 15 is 0 Å². The molecule has 4 rings (SSSR count). The van der Waals surface area contributed by atoms with Crippen molar-refractivity contribution < 1.29 is 27.9 Å². The predicted octanol–water partition coefficient (Wildman–Crippen LogP) is 4.55. The topological polar surface area (TPSA) is 113 Å². The van der Waals surface area contributed by atoms with Crippen LogP contribution >= 0.6 is 22.7 Å². The minimum atomic E-state index is -4.75. The third kappa shape index (κ3) is 6.36. The van der Waals surface area contributed by atoms with Gasteiger partial charge >= 0.3 is 6.18 Å². The second kappa shape index (κ2) is 10.9. The number of aromatic nitrogens is 3. The van der Waals surface area contributed by atoms with Gasteiger partial charge in [-0.1, -0.05) is 5.16 Å². The molecule has 0 aromatic carbocycles. The van der Waals surface area contributed by atoms with E-state index in [9.17, 15) is 18.0 Å². The Morgan fingerprint density at radius 1 is 1.28 bits per heavy atom. The second-order valence-corrected chi connectivity index (χ2v) is 10.1. The van der Waals surface area contributed by atoms with Crippen LogP contribution in [0.5, 0.6) is 0 Å². The number of pyridine rings is 1. The molecular formula is C22H23F3N6O3S2. The zero-order chi connectivity index (χ0) is 25.9. The predicted molar refractivity (Wildman–Crippen MR) is 131 cm³/mol. The number of anilines is 2. The van der Waals surface area contributed by atoms with Crippen molar-refractivity contribution in [2.75, 3.05) is 25.0 Å². The first-order valence-corrected chi connectivity index (χ1v) is 12.6. The summed E-state index contributed by atoms with van der Waals surface area (Å²) >= 11 is 3.04. The summed E-state index contributed by atoms with van der Waals surface area (Å²) in [7, 11) is 0. The highest BCUT2D eigenvalue weighted by Gasteiger charge is 2.39. The number of thiazole rings is 2. The number of aliphatic hydroxyl groups is 1. The number of rotatable bonds is 7. The fourth-order valence-electron chi connectivity index (χ4n) is 3.44. The summed E-state index contributed by atoms with van der Waals surface area (Å²) in [4.78, 5) is 33.5. The molecule has 36 heavy (non-hydrogen) atoms. The van der Waals surface area contributed by atoms with Crippen LogP contribution in [0.1, 0.15) is 33.9 Å². The first-order chi connectivity index (χ1) is 17.1. The van der Waals surface area contributed by atoms with Crippen LogP contribution in [0.4, 0.5) is 24.1 Å². The van der Waals surface area contributed by atoms with E-state index in [1.807, 2.05) is 19.2 Å². The first kappa shape index (κ1) is 26.0. The molecule has 0 aliphatic carbocycles. The minimum absolute atomic E-state index is 0.200. The molecule has 9 nitrogen and oxygen atoms in total. The van der Waals surface area contributed by atoms with Crippen LogP contribution in [0, 0.1) is 13.8 Å². The Kier molecular flexibility index (Phi) is 7.85. The van der Waals surface area contributed by atoms with E-state index in [1.165, 1.54) is 17.5 Å². The average Bonchev–Trinajstić information content (AvgIpc) is 3.44. The Balaban J connectivity index is 1.28. The average molecular weight is 541 g/mol. The Labute approximate surface area is 212 Å². The highest BCUT2D eigenvalue weighted by atomic mass is 32.1. The smallest absolute Gasteiger partial charge is 0.393 e. The lowest BCUT2D eigenvalue weighted by molar-refractivity contribution is -0.217. The van der Waals surface area contributed by atoms with Crippen LogP contribution < -0.4 is 5.32 Å². The van der Waals surface area contributed by atoms with Gasteiger partial charge in [0.15, 0.2) is 17.8 Å². The van der Waals surface area contributed by atoms with Crippen LogP contribution in [0.25, 0.3) is 10.6 Å². The lowest BCUT2D eigenvalue weighted by Gasteiger charge is -2.27. The highest BCUT2D eigenvalue weighted by molar-refractivity contribution is 7.16. The quantitative estimate of drug-likeness (QED) is 0.423. The normalized spacial score (nSPS) is 15.1. The SMILES string of the molecule is Cc1nc(C)c(-c2csc(Nc3ccc(C(=O)N4CCC(=NOC[C@@H](O)C(F)(F)F)CC4)cn3)n2)s1. The Morgan fingerprint density at radius 3 is 2.64 bits per heavy atom. The number of aryl methyl sites for hydroxylation is 2. The summed E-state index contributed by atoms with van der Waals surface area (Å²) in [5.41, 5.74) is 2.75. The van der Waals surface area contributed by atoms with E-state index < -0.39 is 18.9 Å². The molecule has 3 aromatic heterocycles. The van der Waals surface area contributed by atoms with Gasteiger partial charge in [-0.05, 0) is 26.0 Å². The Bertz CT molecular complexity index is 1230. The number of nitrogens with one attached hydrogen (secondary N) is 1. The Hall–Kier alpha value is -3.10. The fraction of sp³-hybridized carbons (Fsp3) is 0.409. The number of carbonyl (C=O) groups excluding carboxylic acids is 1. The number of carbonyl (C=O) groups is 1. The number of nitrogens with zero attached hydrogens (tertiary/aromatic N) is 5. The largest absolute Gasteiger partial charge is 0.417 e. The van der Waals surface area contributed by atoms with Gasteiger partial charge in [0.05, 0.1) is 32.5 Å². The molecule has 3 aromatic rings. The second-order valence-electron chi connectivity index (χ2n) is 8.05. The van der Waals surface area contributed by atoms with Gasteiger partial charge in [0.1, 0.15) is 5.82 Å². The molecule has 0 bridgehead atoms. The molecule has 0 spiro atoms. The maximum atomic E-state index is 12.8. The van der Waals surface area contributed by atoms with Gasteiger partial charge in [-0.15, -0.1) is 22.7 Å². The summed E-state index contributed by atoms with van der Waals surface area (Å²) in [6, 6.07) is 3.38. The molecule has 1 saturated heterocycles. The molecule has 1 aliphatic heterocycles. The van der Waals surface area contributed by atoms with Crippen molar-refractivity contribution in [1.29, 1.82) is 0 Å². The molecule has 1 aliphatic rings. The van der Waals surface area contributed by atoms with Crippen LogP contribution in [0.15, 0.2) is 28.9 Å². The number of halogens is 3. The lowest BCUT2D eigenvalue weighted by atomic mass is 10.1. The van der Waals surface area contributed by atoms with Crippen LogP contribution in [0.3, 0.4) is 0 Å². The third-order valence-corrected chi connectivity index (χ3v) is 7.17. The van der Waals surface area contributed by atoms with Crippen molar-refractivity contribution in [2.45, 2.75) is 39.0 Å². The van der Waals surface area contributed by atoms with Crippen molar-refractivity contribution in [1.82, 2.24) is 19.9 Å². The maximum absolute atomic E-state index is 12.8. The van der Waals surface area contributed by atoms with E-state index in [-0.39, 0.29) is 5.91 Å². The van der Waals surface area contributed by atoms with Gasteiger partial charge in [0, 0.05) is 37.5 Å². The third-order valence-electron chi connectivity index (χ3n) is 5.32. The number of alkyl halides is 3. The van der Waals surface area contributed by atoms with E-state index in [1.54, 1.807) is 28.4 Å². The molecule has 1 atom stereocenters. The van der Waals surface area contributed by atoms with Gasteiger partial charge in [-0.3, -0.25) is 4.79 Å². The summed E-state index contributed by atoms with van der Waals surface area (Å²) in [6.45, 7) is 3.65. The molecule has 2 N–H and O–H groups in total. The van der Waals surface area contributed by atoms with Gasteiger partial charge < -0.3 is 20.2 Å². The molecule has 0 saturated carbocycles. The van der Waals surface area contributed by atoms with Crippen molar-refractivity contribution in [2.24, 2.45) is 5.16 Å². The van der Waals surface area contributed by atoms with Crippen molar-refractivity contribution in [3.63, 3.8) is 0 Å². The van der Waals surface area contributed by atoms with Gasteiger partial charge in [-0.25, -0.2) is 15.0 Å².